The SMILES string of the molecule is C[C@@H](NC(=O)N1C(=O)[C@@]2(c3cc(C#CC4(O)CCCCCC4)ccc31)[C@H](c1cccc(OCCO)c1)N1[C@H](c3ccccc3)[C@H](c3ccccc3)OC(=O)[C@H]1[C@@H]2C(=O)N1CCN(c2ncccn2)CC1)c1ccccc1. The van der Waals surface area contributed by atoms with Gasteiger partial charge in [-0.25, -0.2) is 19.7 Å². The van der Waals surface area contributed by atoms with Crippen molar-refractivity contribution in [3.05, 3.63) is 185 Å². The number of hydrogen-bond donors (Lipinski definition) is 3. The fourth-order valence-electron chi connectivity index (χ4n) is 12.4. The first kappa shape index (κ1) is 50.3. The number of carbonyl (C=O) groups excluding carboxylic acids is 4. The number of aromatic nitrogens is 2. The number of anilines is 2. The Morgan fingerprint density at radius 3 is 2.12 bits per heavy atom. The standard InChI is InChI=1S/C61H61N7O8/c1-41(43-17-7-4-8-18-43)64-59(73)67-49-26-25-42(27-30-60(74)28-13-2-3-14-29-60)39-48(49)61(57(67)72)50(55(70)65-33-35-66(36-34-65)58-62-31-16-32-63-58)52-56(71)76-53(45-21-11-6-12-22-45)51(44-19-9-5-10-20-44)68(52)54(61)46-23-15-24-47(40-46)75-38-37-69/h4-12,15-26,31-32,39-41,50-54,69,74H,2-3,13-14,28-29,33-38H2,1H3,(H,64,73)/t41-,50-,51-,52-,53+,54+,61-/m1/s1. The number of amides is 4. The van der Waals surface area contributed by atoms with Crippen LogP contribution in [0.2, 0.25) is 0 Å². The molecule has 5 aromatic carbocycles. The van der Waals surface area contributed by atoms with Crippen LogP contribution in [0.15, 0.2) is 152 Å². The number of cyclic esters (lactones) is 1. The number of nitrogens with zero attached hydrogens (tertiary/aromatic N) is 6. The molecule has 4 aliphatic heterocycles. The molecule has 15 nitrogen and oxygen atoms in total. The molecule has 11 rings (SSSR count). The average Bonchev–Trinajstić information content (AvgIpc) is 3.99. The summed E-state index contributed by atoms with van der Waals surface area (Å²) in [6.07, 6.45) is 7.10. The molecule has 1 saturated carbocycles. The van der Waals surface area contributed by atoms with Crippen molar-refractivity contribution >= 4 is 35.5 Å². The van der Waals surface area contributed by atoms with Crippen molar-refractivity contribution in [3.63, 3.8) is 0 Å². The molecule has 0 bridgehead atoms. The predicted octanol–water partition coefficient (Wildman–Crippen LogP) is 7.77. The molecule has 388 valence electrons. The van der Waals surface area contributed by atoms with Crippen molar-refractivity contribution in [2.75, 3.05) is 49.2 Å². The summed E-state index contributed by atoms with van der Waals surface area (Å²) in [7, 11) is 0. The van der Waals surface area contributed by atoms with E-state index in [4.69, 9.17) is 9.47 Å². The fourth-order valence-corrected chi connectivity index (χ4v) is 12.4. The van der Waals surface area contributed by atoms with Crippen LogP contribution in [0, 0.1) is 17.8 Å². The number of rotatable bonds is 10. The third kappa shape index (κ3) is 9.24. The second-order valence-corrected chi connectivity index (χ2v) is 20.4. The Bertz CT molecular complexity index is 3140. The Hall–Kier alpha value is -7.90. The smallest absolute Gasteiger partial charge is 0.329 e. The van der Waals surface area contributed by atoms with Crippen molar-refractivity contribution in [2.45, 2.75) is 86.7 Å². The largest absolute Gasteiger partial charge is 0.491 e. The van der Waals surface area contributed by atoms with E-state index in [1.165, 1.54) is 0 Å². The molecule has 4 amide bonds. The number of ether oxygens (including phenoxy) is 2. The van der Waals surface area contributed by atoms with Crippen molar-refractivity contribution in [3.8, 4) is 17.6 Å². The van der Waals surface area contributed by atoms with Gasteiger partial charge in [-0.2, -0.15) is 0 Å². The van der Waals surface area contributed by atoms with Crippen molar-refractivity contribution in [2.24, 2.45) is 5.92 Å². The number of morpholine rings is 1. The predicted molar refractivity (Wildman–Crippen MR) is 285 cm³/mol. The maximum absolute atomic E-state index is 17.0. The minimum absolute atomic E-state index is 0.0224. The summed E-state index contributed by atoms with van der Waals surface area (Å²) in [6.45, 7) is 2.70. The van der Waals surface area contributed by atoms with Crippen molar-refractivity contribution in [1.29, 1.82) is 0 Å². The summed E-state index contributed by atoms with van der Waals surface area (Å²) in [5.41, 5.74) is 0.522. The van der Waals surface area contributed by atoms with Gasteiger partial charge in [-0.3, -0.25) is 19.3 Å². The quantitative estimate of drug-likeness (QED) is 0.0691. The van der Waals surface area contributed by atoms with Gasteiger partial charge in [0.25, 0.3) is 0 Å². The van der Waals surface area contributed by atoms with Gasteiger partial charge in [0, 0.05) is 44.1 Å². The first-order valence-corrected chi connectivity index (χ1v) is 26.4. The number of urea groups is 1. The zero-order chi connectivity index (χ0) is 52.4. The van der Waals surface area contributed by atoms with Crippen LogP contribution in [-0.2, 0) is 24.5 Å². The molecule has 15 heteroatoms. The molecule has 0 radical (unpaired) electrons. The van der Waals surface area contributed by atoms with E-state index < -0.39 is 71.0 Å². The molecule has 5 aliphatic rings. The number of benzene rings is 5. The summed E-state index contributed by atoms with van der Waals surface area (Å²) >= 11 is 0. The van der Waals surface area contributed by atoms with Crippen LogP contribution < -0.4 is 19.9 Å². The Kier molecular flexibility index (Phi) is 14.1. The van der Waals surface area contributed by atoms with E-state index in [1.807, 2.05) is 114 Å². The van der Waals surface area contributed by atoms with Crippen molar-refractivity contribution in [1.82, 2.24) is 25.1 Å². The number of esters is 1. The molecule has 76 heavy (non-hydrogen) atoms. The summed E-state index contributed by atoms with van der Waals surface area (Å²) in [4.78, 5) is 80.5. The number of carbonyl (C=O) groups is 4. The van der Waals surface area contributed by atoms with Crippen molar-refractivity contribution < 1.29 is 38.9 Å². The van der Waals surface area contributed by atoms with Crippen LogP contribution in [0.25, 0.3) is 0 Å². The second-order valence-electron chi connectivity index (χ2n) is 20.4. The van der Waals surface area contributed by atoms with E-state index in [9.17, 15) is 10.2 Å². The van der Waals surface area contributed by atoms with Gasteiger partial charge >= 0.3 is 12.0 Å². The van der Waals surface area contributed by atoms with E-state index in [0.717, 1.165) is 41.7 Å². The third-order valence-corrected chi connectivity index (χ3v) is 15.9. The normalized spacial score (nSPS) is 24.4. The van der Waals surface area contributed by atoms with Crippen LogP contribution >= 0.6 is 0 Å². The number of aliphatic hydroxyl groups is 2. The zero-order valence-electron chi connectivity index (χ0n) is 42.4. The summed E-state index contributed by atoms with van der Waals surface area (Å²) < 4.78 is 12.8. The number of nitrogens with one attached hydrogen (secondary N) is 1. The van der Waals surface area contributed by atoms with Crippen LogP contribution in [0.4, 0.5) is 16.4 Å². The average molecular weight is 1020 g/mol. The van der Waals surface area contributed by atoms with Crippen LogP contribution in [-0.4, -0.2) is 105 Å². The van der Waals surface area contributed by atoms with E-state index in [2.05, 4.69) is 27.1 Å². The lowest BCUT2D eigenvalue weighted by Crippen LogP contribution is -2.59. The maximum atomic E-state index is 17.0. The maximum Gasteiger partial charge on any atom is 0.329 e. The number of aliphatic hydroxyl groups excluding tert-OH is 1. The lowest BCUT2D eigenvalue weighted by Gasteiger charge is -2.46. The molecule has 0 unspecified atom stereocenters. The molecule has 1 spiro atoms. The zero-order valence-corrected chi connectivity index (χ0v) is 42.4. The number of hydrogen-bond acceptors (Lipinski definition) is 12. The first-order chi connectivity index (χ1) is 37.1. The number of piperazine rings is 1. The minimum atomic E-state index is -2.05. The van der Waals surface area contributed by atoms with E-state index in [1.54, 1.807) is 59.8 Å². The highest BCUT2D eigenvalue weighted by molar-refractivity contribution is 6.24. The fraction of sp³-hybridized carbons (Fsp3) is 0.344. The molecule has 5 heterocycles. The first-order valence-electron chi connectivity index (χ1n) is 26.4. The molecular weight excluding hydrogens is 959 g/mol. The number of fused-ring (bicyclic) bond motifs is 3. The molecule has 1 aromatic heterocycles. The highest BCUT2D eigenvalue weighted by Gasteiger charge is 2.76. The highest BCUT2D eigenvalue weighted by atomic mass is 16.6. The van der Waals surface area contributed by atoms with Gasteiger partial charge in [-0.1, -0.05) is 128 Å². The molecule has 4 fully saturated rings. The molecule has 6 aromatic rings. The lowest BCUT2D eigenvalue weighted by molar-refractivity contribution is -0.179. The lowest BCUT2D eigenvalue weighted by atomic mass is 9.64. The number of imide groups is 1. The summed E-state index contributed by atoms with van der Waals surface area (Å²) in [5, 5.41) is 24.9. The van der Waals surface area contributed by atoms with Crippen LogP contribution in [0.5, 0.6) is 5.75 Å². The monoisotopic (exact) mass is 1020 g/mol. The van der Waals surface area contributed by atoms with E-state index in [0.29, 0.717) is 59.9 Å². The Balaban J connectivity index is 1.17. The molecular formula is C61H61N7O8. The highest BCUT2D eigenvalue weighted by Crippen LogP contribution is 2.66. The van der Waals surface area contributed by atoms with Gasteiger partial charge in [0.2, 0.25) is 17.8 Å². The van der Waals surface area contributed by atoms with Gasteiger partial charge in [0.15, 0.2) is 0 Å². The molecule has 3 N–H and O–H groups in total. The second kappa shape index (κ2) is 21.4. The van der Waals surface area contributed by atoms with Gasteiger partial charge in [-0.15, -0.1) is 0 Å². The van der Waals surface area contributed by atoms with Gasteiger partial charge < -0.3 is 34.8 Å². The molecule has 1 aliphatic carbocycles. The Morgan fingerprint density at radius 1 is 0.776 bits per heavy atom. The van der Waals surface area contributed by atoms with Crippen LogP contribution in [0.1, 0.15) is 103 Å². The minimum Gasteiger partial charge on any atom is -0.491 e. The van der Waals surface area contributed by atoms with Gasteiger partial charge in [0.05, 0.1) is 36.3 Å². The van der Waals surface area contributed by atoms with Gasteiger partial charge in [0.1, 0.15) is 35.5 Å². The Morgan fingerprint density at radius 2 is 1.43 bits per heavy atom. The van der Waals surface area contributed by atoms with Gasteiger partial charge in [-0.05, 0) is 96.8 Å². The van der Waals surface area contributed by atoms with Crippen LogP contribution in [0.3, 0.4) is 0 Å². The summed E-state index contributed by atoms with van der Waals surface area (Å²) in [5.74, 6) is 4.02. The topological polar surface area (TPSA) is 178 Å². The van der Waals surface area contributed by atoms with E-state index in [-0.39, 0.29) is 32.0 Å². The third-order valence-electron chi connectivity index (χ3n) is 15.9. The summed E-state index contributed by atoms with van der Waals surface area (Å²) in [6, 6.07) is 38.1. The van der Waals surface area contributed by atoms with E-state index >= 15 is 19.2 Å². The Labute approximate surface area is 442 Å². The molecule has 7 atom stereocenters. The molecule has 3 saturated heterocycles.